The number of aromatic nitrogens is 2. The Morgan fingerprint density at radius 2 is 2.19 bits per heavy atom. The quantitative estimate of drug-likeness (QED) is 0.882. The molecule has 0 aliphatic carbocycles. The summed E-state index contributed by atoms with van der Waals surface area (Å²) in [5, 5.41) is 3.84. The highest BCUT2D eigenvalue weighted by Gasteiger charge is 2.17. The van der Waals surface area contributed by atoms with Gasteiger partial charge in [-0.15, -0.1) is 11.3 Å². The summed E-state index contributed by atoms with van der Waals surface area (Å²) in [5.41, 5.74) is 5.80. The molecule has 0 spiro atoms. The molecule has 0 saturated heterocycles. The van der Waals surface area contributed by atoms with Crippen LogP contribution in [-0.2, 0) is 4.79 Å². The Kier molecular flexibility index (Phi) is 4.62. The number of nitrogens with two attached hydrogens (primary N) is 1. The molecule has 0 aliphatic heterocycles. The van der Waals surface area contributed by atoms with Crippen LogP contribution in [0.25, 0.3) is 10.2 Å². The first-order valence-electron chi connectivity index (χ1n) is 6.98. The summed E-state index contributed by atoms with van der Waals surface area (Å²) in [6, 6.07) is 2.16. The van der Waals surface area contributed by atoms with Crippen LogP contribution in [0, 0.1) is 6.92 Å². The second-order valence-electron chi connectivity index (χ2n) is 5.22. The molecule has 6 nitrogen and oxygen atoms in total. The molecule has 0 saturated carbocycles. The fourth-order valence-corrected chi connectivity index (χ4v) is 3.04. The fourth-order valence-electron chi connectivity index (χ4n) is 2.16. The molecular weight excluding hydrogens is 286 g/mol. The number of rotatable bonds is 5. The van der Waals surface area contributed by atoms with Crippen LogP contribution in [-0.4, -0.2) is 35.0 Å². The Morgan fingerprint density at radius 1 is 1.48 bits per heavy atom. The van der Waals surface area contributed by atoms with E-state index in [1.54, 1.807) is 11.3 Å². The van der Waals surface area contributed by atoms with Crippen LogP contribution in [0.3, 0.4) is 0 Å². The maximum atomic E-state index is 12.0. The first-order chi connectivity index (χ1) is 9.90. The van der Waals surface area contributed by atoms with Crippen molar-refractivity contribution in [1.29, 1.82) is 0 Å². The highest BCUT2D eigenvalue weighted by molar-refractivity contribution is 7.18. The second kappa shape index (κ2) is 6.26. The zero-order valence-electron chi connectivity index (χ0n) is 12.8. The average molecular weight is 307 g/mol. The zero-order chi connectivity index (χ0) is 15.6. The van der Waals surface area contributed by atoms with Crippen molar-refractivity contribution in [2.75, 3.05) is 23.7 Å². The van der Waals surface area contributed by atoms with Crippen LogP contribution in [0.5, 0.6) is 0 Å². The third-order valence-electron chi connectivity index (χ3n) is 2.98. The van der Waals surface area contributed by atoms with E-state index in [4.69, 9.17) is 5.73 Å². The van der Waals surface area contributed by atoms with Gasteiger partial charge in [0.2, 0.25) is 11.9 Å². The number of likely N-dealkylation sites (N-methyl/N-ethyl adjacent to an activating group) is 1. The van der Waals surface area contributed by atoms with Gasteiger partial charge in [-0.25, -0.2) is 4.98 Å². The van der Waals surface area contributed by atoms with Crippen molar-refractivity contribution in [2.24, 2.45) is 0 Å². The van der Waals surface area contributed by atoms with Gasteiger partial charge in [-0.1, -0.05) is 0 Å². The summed E-state index contributed by atoms with van der Waals surface area (Å²) >= 11 is 1.58. The van der Waals surface area contributed by atoms with E-state index >= 15 is 0 Å². The number of thiophene rings is 1. The van der Waals surface area contributed by atoms with Crippen LogP contribution in [0.15, 0.2) is 6.07 Å². The minimum atomic E-state index is -0.0239. The van der Waals surface area contributed by atoms with Crippen LogP contribution in [0.4, 0.5) is 11.8 Å². The molecule has 0 aromatic carbocycles. The Hall–Kier alpha value is -1.89. The fraction of sp³-hybridized carbons (Fsp3) is 0.500. The van der Waals surface area contributed by atoms with E-state index in [9.17, 15) is 4.79 Å². The van der Waals surface area contributed by atoms with Gasteiger partial charge < -0.3 is 16.0 Å². The van der Waals surface area contributed by atoms with Crippen molar-refractivity contribution < 1.29 is 4.79 Å². The predicted molar refractivity (Wildman–Crippen MR) is 87.7 cm³/mol. The number of amides is 1. The standard InChI is InChI=1S/C14H21N5OS/c1-5-19(7-11(20)16-8(2)3)12-10-6-9(4)21-13(10)18-14(15)17-12/h6,8H,5,7H2,1-4H3,(H,16,20)(H2,15,17,18). The van der Waals surface area contributed by atoms with Gasteiger partial charge in [-0.3, -0.25) is 4.79 Å². The van der Waals surface area contributed by atoms with Crippen molar-refractivity contribution in [3.05, 3.63) is 10.9 Å². The highest BCUT2D eigenvalue weighted by atomic mass is 32.1. The van der Waals surface area contributed by atoms with Gasteiger partial charge in [0.25, 0.3) is 0 Å². The SMILES string of the molecule is CCN(CC(=O)NC(C)C)c1nc(N)nc2sc(C)cc12. The number of carbonyl (C=O) groups is 1. The van der Waals surface area contributed by atoms with Gasteiger partial charge in [-0.05, 0) is 33.8 Å². The van der Waals surface area contributed by atoms with Crippen molar-refractivity contribution in [3.63, 3.8) is 0 Å². The van der Waals surface area contributed by atoms with Crippen molar-refractivity contribution in [3.8, 4) is 0 Å². The van der Waals surface area contributed by atoms with Crippen LogP contribution in [0.2, 0.25) is 0 Å². The molecule has 1 amide bonds. The van der Waals surface area contributed by atoms with Gasteiger partial charge in [0.15, 0.2) is 0 Å². The molecule has 21 heavy (non-hydrogen) atoms. The number of nitrogens with one attached hydrogen (secondary N) is 1. The predicted octanol–water partition coefficient (Wildman–Crippen LogP) is 1.93. The van der Waals surface area contributed by atoms with Crippen LogP contribution < -0.4 is 16.0 Å². The molecule has 2 heterocycles. The first-order valence-corrected chi connectivity index (χ1v) is 7.80. The van der Waals surface area contributed by atoms with E-state index in [-0.39, 0.29) is 24.4 Å². The lowest BCUT2D eigenvalue weighted by atomic mass is 10.3. The van der Waals surface area contributed by atoms with Gasteiger partial charge in [0, 0.05) is 17.5 Å². The molecule has 2 rings (SSSR count). The van der Waals surface area contributed by atoms with Crippen LogP contribution >= 0.6 is 11.3 Å². The molecule has 0 atom stereocenters. The smallest absolute Gasteiger partial charge is 0.239 e. The van der Waals surface area contributed by atoms with Crippen molar-refractivity contribution in [1.82, 2.24) is 15.3 Å². The Morgan fingerprint density at radius 3 is 2.81 bits per heavy atom. The summed E-state index contributed by atoms with van der Waals surface area (Å²) in [7, 11) is 0. The number of hydrogen-bond donors (Lipinski definition) is 2. The molecule has 0 bridgehead atoms. The molecular formula is C14H21N5OS. The normalized spacial score (nSPS) is 11.1. The van der Waals surface area contributed by atoms with E-state index < -0.39 is 0 Å². The van der Waals surface area contributed by atoms with Crippen LogP contribution in [0.1, 0.15) is 25.6 Å². The molecule has 2 aromatic heterocycles. The highest BCUT2D eigenvalue weighted by Crippen LogP contribution is 2.31. The molecule has 114 valence electrons. The van der Waals surface area contributed by atoms with E-state index in [2.05, 4.69) is 15.3 Å². The minimum Gasteiger partial charge on any atom is -0.368 e. The molecule has 0 radical (unpaired) electrons. The van der Waals surface area contributed by atoms with Gasteiger partial charge in [0.1, 0.15) is 10.6 Å². The van der Waals surface area contributed by atoms with E-state index in [0.29, 0.717) is 6.54 Å². The molecule has 0 fully saturated rings. The lowest BCUT2D eigenvalue weighted by molar-refractivity contribution is -0.120. The molecule has 7 heteroatoms. The third-order valence-corrected chi connectivity index (χ3v) is 3.92. The average Bonchev–Trinajstić information content (AvgIpc) is 2.74. The summed E-state index contributed by atoms with van der Waals surface area (Å²) in [6.07, 6.45) is 0. The largest absolute Gasteiger partial charge is 0.368 e. The Balaban J connectivity index is 2.35. The zero-order valence-corrected chi connectivity index (χ0v) is 13.6. The Bertz CT molecular complexity index is 652. The van der Waals surface area contributed by atoms with Gasteiger partial charge in [0.05, 0.1) is 11.9 Å². The molecule has 3 N–H and O–H groups in total. The van der Waals surface area contributed by atoms with E-state index in [1.807, 2.05) is 38.7 Å². The number of fused-ring (bicyclic) bond motifs is 1. The molecule has 2 aromatic rings. The maximum absolute atomic E-state index is 12.0. The topological polar surface area (TPSA) is 84.1 Å². The number of carbonyl (C=O) groups excluding carboxylic acids is 1. The summed E-state index contributed by atoms with van der Waals surface area (Å²) in [6.45, 7) is 8.83. The van der Waals surface area contributed by atoms with E-state index in [0.717, 1.165) is 20.9 Å². The number of aryl methyl sites for hydroxylation is 1. The summed E-state index contributed by atoms with van der Waals surface area (Å²) < 4.78 is 0. The Labute approximate surface area is 128 Å². The number of hydrogen-bond acceptors (Lipinski definition) is 6. The monoisotopic (exact) mass is 307 g/mol. The first kappa shape index (κ1) is 15.5. The lowest BCUT2D eigenvalue weighted by Crippen LogP contribution is -2.40. The van der Waals surface area contributed by atoms with Gasteiger partial charge >= 0.3 is 0 Å². The number of anilines is 2. The summed E-state index contributed by atoms with van der Waals surface area (Å²) in [5.74, 6) is 0.939. The second-order valence-corrected chi connectivity index (χ2v) is 6.45. The third kappa shape index (κ3) is 3.60. The number of nitrogen functional groups attached to an aromatic ring is 1. The van der Waals surface area contributed by atoms with Gasteiger partial charge in [-0.2, -0.15) is 4.98 Å². The molecule has 0 aliphatic rings. The van der Waals surface area contributed by atoms with Crippen molar-refractivity contribution in [2.45, 2.75) is 33.7 Å². The maximum Gasteiger partial charge on any atom is 0.239 e. The van der Waals surface area contributed by atoms with E-state index in [1.165, 1.54) is 0 Å². The minimum absolute atomic E-state index is 0.0239. The number of nitrogens with zero attached hydrogens (tertiary/aromatic N) is 3. The van der Waals surface area contributed by atoms with Crippen molar-refractivity contribution >= 4 is 39.2 Å². The molecule has 0 unspecified atom stereocenters. The lowest BCUT2D eigenvalue weighted by Gasteiger charge is -2.22. The summed E-state index contributed by atoms with van der Waals surface area (Å²) in [4.78, 5) is 24.5.